The predicted molar refractivity (Wildman–Crippen MR) is 125 cm³/mol. The van der Waals surface area contributed by atoms with Crippen LogP contribution in [-0.2, 0) is 15.0 Å². The molecular weight excluding hydrogens is 466 g/mol. The number of aromatic nitrogens is 1. The number of thioether (sulfide) groups is 1. The minimum absolute atomic E-state index is 0.0236. The number of benzene rings is 1. The van der Waals surface area contributed by atoms with E-state index in [0.717, 1.165) is 33.3 Å². The molecule has 2 saturated carbocycles. The van der Waals surface area contributed by atoms with Crippen molar-refractivity contribution in [2.24, 2.45) is 34.7 Å². The Morgan fingerprint density at radius 3 is 2.56 bits per heavy atom. The topological polar surface area (TPSA) is 82.6 Å². The van der Waals surface area contributed by atoms with Crippen molar-refractivity contribution >= 4 is 52.7 Å². The van der Waals surface area contributed by atoms with Gasteiger partial charge in [0.2, 0.25) is 0 Å². The van der Waals surface area contributed by atoms with E-state index >= 15 is 0 Å². The maximum atomic E-state index is 13.4. The molecule has 2 aliphatic carbocycles. The molecule has 9 heteroatoms. The molecule has 1 N–H and O–H groups in total. The molecule has 0 radical (unpaired) electrons. The van der Waals surface area contributed by atoms with Gasteiger partial charge in [0, 0.05) is 20.6 Å². The summed E-state index contributed by atoms with van der Waals surface area (Å²) in [6, 6.07) is 7.11. The number of rotatable bonds is 3. The van der Waals surface area contributed by atoms with Crippen LogP contribution in [0.1, 0.15) is 37.1 Å². The summed E-state index contributed by atoms with van der Waals surface area (Å²) in [4.78, 5) is 43.0. The van der Waals surface area contributed by atoms with Gasteiger partial charge in [0.05, 0.1) is 23.1 Å². The first-order valence-electron chi connectivity index (χ1n) is 10.9. The number of thiazole rings is 1. The molecule has 4 aliphatic rings. The Morgan fingerprint density at radius 1 is 1.19 bits per heavy atom. The third-order valence-corrected chi connectivity index (χ3v) is 11.1. The zero-order valence-electron chi connectivity index (χ0n) is 17.6. The molecule has 0 unspecified atom stereocenters. The molecule has 2 aliphatic heterocycles. The van der Waals surface area contributed by atoms with Crippen molar-refractivity contribution in [1.29, 1.82) is 0 Å². The number of amides is 2. The molecule has 3 heterocycles. The fourth-order valence-electron chi connectivity index (χ4n) is 6.66. The van der Waals surface area contributed by atoms with Gasteiger partial charge in [-0.05, 0) is 48.3 Å². The van der Waals surface area contributed by atoms with Gasteiger partial charge < -0.3 is 4.98 Å². The smallest absolute Gasteiger partial charge is 0.305 e. The first kappa shape index (κ1) is 20.7. The van der Waals surface area contributed by atoms with Gasteiger partial charge in [-0.2, -0.15) is 10.1 Å². The first-order valence-corrected chi connectivity index (χ1v) is 13.0. The maximum Gasteiger partial charge on any atom is 0.305 e. The largest absolute Gasteiger partial charge is 0.307 e. The number of fused-ring (bicyclic) bond motifs is 9. The molecule has 3 fully saturated rings. The fraction of sp³-hybridized carbons (Fsp3) is 0.478. The highest BCUT2D eigenvalue weighted by atomic mass is 35.5. The highest BCUT2D eigenvalue weighted by Gasteiger charge is 2.71. The van der Waals surface area contributed by atoms with Gasteiger partial charge in [0.15, 0.2) is 0 Å². The Hall–Kier alpha value is -1.90. The monoisotopic (exact) mass is 487 g/mol. The van der Waals surface area contributed by atoms with E-state index in [2.05, 4.69) is 23.9 Å². The minimum atomic E-state index is -0.309. The van der Waals surface area contributed by atoms with Crippen LogP contribution in [0.3, 0.4) is 0 Å². The van der Waals surface area contributed by atoms with Crippen LogP contribution in [0.2, 0.25) is 5.02 Å². The van der Waals surface area contributed by atoms with E-state index in [1.54, 1.807) is 42.2 Å². The lowest BCUT2D eigenvalue weighted by atomic mass is 9.62. The Bertz CT molecular complexity index is 1220. The quantitative estimate of drug-likeness (QED) is 0.521. The SMILES string of the molecule is CC[C@@]1(C)c2sc(=O)[nH]c2S[C@@H]2[C@H]3C[C@@H]([C@H]4C(=O)N(/N=C\c5ccc(Cl)cc5)C(=O)[C@H]34)[C@@H]21. The van der Waals surface area contributed by atoms with Gasteiger partial charge in [0.1, 0.15) is 0 Å². The second-order valence-corrected chi connectivity index (χ2v) is 12.1. The summed E-state index contributed by atoms with van der Waals surface area (Å²) >= 11 is 8.95. The number of carbonyl (C=O) groups is 2. The lowest BCUT2D eigenvalue weighted by Crippen LogP contribution is -2.49. The zero-order valence-corrected chi connectivity index (χ0v) is 20.0. The third kappa shape index (κ3) is 2.66. The van der Waals surface area contributed by atoms with Gasteiger partial charge in [-0.15, -0.1) is 11.8 Å². The van der Waals surface area contributed by atoms with Crippen molar-refractivity contribution in [3.63, 3.8) is 0 Å². The van der Waals surface area contributed by atoms with Crippen LogP contribution >= 0.6 is 34.7 Å². The molecule has 7 atom stereocenters. The molecule has 6 rings (SSSR count). The average Bonchev–Trinajstić information content (AvgIpc) is 3.50. The molecule has 6 nitrogen and oxygen atoms in total. The van der Waals surface area contributed by atoms with E-state index in [-0.39, 0.29) is 56.9 Å². The third-order valence-electron chi connectivity index (χ3n) is 8.13. The molecule has 32 heavy (non-hydrogen) atoms. The molecule has 166 valence electrons. The molecule has 1 saturated heterocycles. The molecule has 2 bridgehead atoms. The number of nitrogens with zero attached hydrogens (tertiary/aromatic N) is 2. The Labute approximate surface area is 198 Å². The molecule has 2 aromatic rings. The molecule has 2 amide bonds. The number of nitrogens with one attached hydrogen (secondary N) is 1. The van der Waals surface area contributed by atoms with Crippen molar-refractivity contribution in [3.8, 4) is 0 Å². The highest BCUT2D eigenvalue weighted by Crippen LogP contribution is 2.69. The normalized spacial score (nSPS) is 37.3. The summed E-state index contributed by atoms with van der Waals surface area (Å²) in [5.41, 5.74) is 0.620. The van der Waals surface area contributed by atoms with E-state index in [1.165, 1.54) is 11.3 Å². The zero-order chi connectivity index (χ0) is 22.4. The van der Waals surface area contributed by atoms with Crippen LogP contribution in [0.5, 0.6) is 0 Å². The number of imide groups is 1. The Kier molecular flexibility index (Phi) is 4.56. The van der Waals surface area contributed by atoms with Crippen LogP contribution in [0.15, 0.2) is 39.2 Å². The lowest BCUT2D eigenvalue weighted by molar-refractivity contribution is -0.140. The summed E-state index contributed by atoms with van der Waals surface area (Å²) in [6.45, 7) is 4.40. The standard InChI is InChI=1S/C23H22ClN3O3S2/c1-3-23(2)16-12-8-13(17(16)31-19-18(23)32-22(30)26-19)15-14(12)20(28)27(21(15)29)25-9-10-4-6-11(24)7-5-10/h4-7,9,12-17H,3,8H2,1-2H3,(H,26,30)/b25-9-/t12-,13-,14+,15+,16-,17+,23+/m0/s1. The van der Waals surface area contributed by atoms with Crippen molar-refractivity contribution in [1.82, 2.24) is 9.99 Å². The number of halogens is 1. The second-order valence-electron chi connectivity index (χ2n) is 9.45. The van der Waals surface area contributed by atoms with E-state index in [0.29, 0.717) is 5.02 Å². The summed E-state index contributed by atoms with van der Waals surface area (Å²) in [7, 11) is 0. The van der Waals surface area contributed by atoms with Crippen molar-refractivity contribution < 1.29 is 9.59 Å². The predicted octanol–water partition coefficient (Wildman–Crippen LogP) is 4.13. The molecule has 0 spiro atoms. The first-order chi connectivity index (χ1) is 15.3. The van der Waals surface area contributed by atoms with Crippen molar-refractivity contribution in [2.75, 3.05) is 0 Å². The average molecular weight is 488 g/mol. The van der Waals surface area contributed by atoms with E-state index < -0.39 is 0 Å². The van der Waals surface area contributed by atoms with Crippen LogP contribution in [-0.4, -0.2) is 33.3 Å². The van der Waals surface area contributed by atoms with Gasteiger partial charge in [-0.25, -0.2) is 0 Å². The number of H-pyrrole nitrogens is 1. The van der Waals surface area contributed by atoms with Gasteiger partial charge in [-0.1, -0.05) is 48.9 Å². The molecule has 1 aromatic heterocycles. The second kappa shape index (κ2) is 7.05. The van der Waals surface area contributed by atoms with E-state index in [9.17, 15) is 14.4 Å². The van der Waals surface area contributed by atoms with E-state index in [4.69, 9.17) is 11.6 Å². The van der Waals surface area contributed by atoms with Crippen LogP contribution in [0.25, 0.3) is 0 Å². The number of hydrazone groups is 1. The number of hydrogen-bond donors (Lipinski definition) is 1. The Morgan fingerprint density at radius 2 is 1.88 bits per heavy atom. The summed E-state index contributed by atoms with van der Waals surface area (Å²) in [5, 5.41) is 7.22. The van der Waals surface area contributed by atoms with Gasteiger partial charge >= 0.3 is 4.87 Å². The summed E-state index contributed by atoms with van der Waals surface area (Å²) in [5.74, 6) is -0.414. The number of carbonyl (C=O) groups excluding carboxylic acids is 2. The van der Waals surface area contributed by atoms with Crippen LogP contribution < -0.4 is 4.87 Å². The minimum Gasteiger partial charge on any atom is -0.307 e. The Balaban J connectivity index is 1.34. The number of hydrogen-bond acceptors (Lipinski definition) is 6. The van der Waals surface area contributed by atoms with Crippen molar-refractivity contribution in [3.05, 3.63) is 49.4 Å². The highest BCUT2D eigenvalue weighted by molar-refractivity contribution is 8.00. The van der Waals surface area contributed by atoms with E-state index in [1.807, 2.05) is 0 Å². The number of aromatic amines is 1. The van der Waals surface area contributed by atoms with Gasteiger partial charge in [-0.3, -0.25) is 14.4 Å². The fourth-order valence-corrected chi connectivity index (χ4v) is 9.99. The van der Waals surface area contributed by atoms with Gasteiger partial charge in [0.25, 0.3) is 11.8 Å². The van der Waals surface area contributed by atoms with Crippen molar-refractivity contribution in [2.45, 2.75) is 42.4 Å². The summed E-state index contributed by atoms with van der Waals surface area (Å²) < 4.78 is 0. The van der Waals surface area contributed by atoms with Crippen LogP contribution in [0.4, 0.5) is 0 Å². The molecule has 1 aromatic carbocycles. The maximum absolute atomic E-state index is 13.4. The summed E-state index contributed by atoms with van der Waals surface area (Å²) in [6.07, 6.45) is 3.35. The molecular formula is C23H22ClN3O3S2. The lowest BCUT2D eigenvalue weighted by Gasteiger charge is -2.48. The van der Waals surface area contributed by atoms with Crippen LogP contribution in [0, 0.1) is 29.6 Å².